The zero-order valence-corrected chi connectivity index (χ0v) is 33.4. The summed E-state index contributed by atoms with van der Waals surface area (Å²) in [5, 5.41) is 23.2. The van der Waals surface area contributed by atoms with E-state index in [-0.39, 0.29) is 94.9 Å². The maximum absolute atomic E-state index is 11.4. The number of aromatic amines is 1. The summed E-state index contributed by atoms with van der Waals surface area (Å²) in [5.41, 5.74) is 7.60. The summed E-state index contributed by atoms with van der Waals surface area (Å²) in [6, 6.07) is 14.9. The summed E-state index contributed by atoms with van der Waals surface area (Å²) in [5.74, 6) is -2.69. The van der Waals surface area contributed by atoms with Crippen LogP contribution < -0.4 is 40.4 Å². The number of H-pyrrole nitrogens is 1. The van der Waals surface area contributed by atoms with E-state index in [1.54, 1.807) is 38.4 Å². The number of nitrogens with one attached hydrogen (secondary N) is 2. The summed E-state index contributed by atoms with van der Waals surface area (Å²) >= 11 is 7.72. The van der Waals surface area contributed by atoms with E-state index in [0.717, 1.165) is 45.8 Å². The Morgan fingerprint density at radius 1 is 0.902 bits per heavy atom. The standard InChI is InChI=1S/C12H11BrN2O2.C8H8BrNO.C5H9NO2S.2C2H4O2.4CH4.ClH.Na/c1-2-17-12(16)11-14-7-10(15-11)8-3-5-9(13)6-4-8;9-7-3-1-6(2-4-7)8(11)5-10;1-3-8-5(7)4(6)9-2;2*1-2(3)4;;;;;;/h3-7H,2H2,1H3,(H,14,15);1-4H,5,10H2;6H,3H2,1-2H3;2*1H3,(H,3,4);4*1H4;1H;/q;;;;;;;;;;+1/p-1. The molecule has 0 unspecified atom stereocenters. The number of ether oxygens (including phenoxy) is 2. The van der Waals surface area contributed by atoms with E-state index >= 15 is 0 Å². The molecule has 0 atom stereocenters. The number of ketones is 1. The summed E-state index contributed by atoms with van der Waals surface area (Å²) in [7, 11) is 0. The molecule has 0 saturated heterocycles. The molecule has 0 amide bonds. The monoisotopic (exact) mass is 896 g/mol. The molecule has 18 heteroatoms. The van der Waals surface area contributed by atoms with Crippen molar-refractivity contribution in [1.82, 2.24) is 9.97 Å². The first-order chi connectivity index (χ1) is 21.1. The second-order valence-corrected chi connectivity index (χ2v) is 10.4. The van der Waals surface area contributed by atoms with Gasteiger partial charge < -0.3 is 35.2 Å². The number of halogens is 3. The Kier molecular flexibility index (Phi) is 52.5. The van der Waals surface area contributed by atoms with Gasteiger partial charge >= 0.3 is 41.5 Å². The number of nitrogens with zero attached hydrogens (tertiary/aromatic N) is 1. The first-order valence-electron chi connectivity index (χ1n) is 12.8. The average molecular weight is 899 g/mol. The van der Waals surface area contributed by atoms with E-state index < -0.39 is 23.9 Å². The minimum absolute atomic E-state index is 0. The number of Topliss-reactive ketones (excluding diaryl/α,β-unsaturated/α-hetero) is 1. The molecular formula is C33H52Br2ClN4NaO9S. The number of nitrogens with two attached hydrogens (primary N) is 1. The van der Waals surface area contributed by atoms with Crippen molar-refractivity contribution in [1.29, 1.82) is 5.41 Å². The van der Waals surface area contributed by atoms with E-state index in [9.17, 15) is 14.4 Å². The van der Waals surface area contributed by atoms with Crippen molar-refractivity contribution in [2.45, 2.75) is 57.4 Å². The van der Waals surface area contributed by atoms with Crippen molar-refractivity contribution in [2.24, 2.45) is 5.73 Å². The molecule has 0 fully saturated rings. The number of aliphatic carboxylic acids is 2. The maximum Gasteiger partial charge on any atom is 1.00 e. The first kappa shape index (κ1) is 66.7. The topological polar surface area (TPSA) is 226 Å². The Morgan fingerprint density at radius 3 is 1.65 bits per heavy atom. The molecule has 5 N–H and O–H groups in total. The first-order valence-corrected chi connectivity index (χ1v) is 15.6. The number of esters is 2. The largest absolute Gasteiger partial charge is 1.00 e. The van der Waals surface area contributed by atoms with Crippen molar-refractivity contribution in [3.63, 3.8) is 0 Å². The second-order valence-electron chi connectivity index (χ2n) is 7.77. The molecule has 13 nitrogen and oxygen atoms in total. The fraction of sp³-hybridized carbons (Fsp3) is 0.364. The summed E-state index contributed by atoms with van der Waals surface area (Å²) in [6.45, 7) is 6.28. The SMILES string of the molecule is C.C.C.C.CC(=O)O.CC(=O)[O-].CCOC(=O)C(=N)SC.CCOC(=O)c1ncc(-c2ccc(Br)cc2)[nH]1.Cl.NCC(=O)c1ccc(Br)cc1.[Na+]. The third kappa shape index (κ3) is 35.6. The number of benzene rings is 2. The number of carbonyl (C=O) groups is 5. The third-order valence-electron chi connectivity index (χ3n) is 4.22. The molecule has 0 saturated carbocycles. The Balaban J connectivity index is -0.0000000804. The molecule has 0 aliphatic rings. The zero-order valence-electron chi connectivity index (χ0n) is 26.6. The van der Waals surface area contributed by atoms with Crippen LogP contribution in [0.15, 0.2) is 63.7 Å². The van der Waals surface area contributed by atoms with Gasteiger partial charge in [-0.2, -0.15) is 0 Å². The van der Waals surface area contributed by atoms with Crippen LogP contribution in [0.25, 0.3) is 11.3 Å². The van der Waals surface area contributed by atoms with Crippen LogP contribution in [0.5, 0.6) is 0 Å². The number of imidazole rings is 1. The van der Waals surface area contributed by atoms with E-state index in [1.165, 1.54) is 0 Å². The molecule has 0 aliphatic carbocycles. The molecule has 2 aromatic carbocycles. The number of carboxylic acid groups (broad SMARTS) is 2. The minimum Gasteiger partial charge on any atom is -0.550 e. The molecule has 0 spiro atoms. The van der Waals surface area contributed by atoms with E-state index in [1.807, 2.05) is 36.4 Å². The van der Waals surface area contributed by atoms with Gasteiger partial charge in [0.25, 0.3) is 5.97 Å². The van der Waals surface area contributed by atoms with Crippen molar-refractivity contribution < 1.29 is 73.2 Å². The van der Waals surface area contributed by atoms with Gasteiger partial charge in [-0.15, -0.1) is 24.2 Å². The van der Waals surface area contributed by atoms with Gasteiger partial charge in [-0.05, 0) is 56.9 Å². The number of carbonyl (C=O) groups excluding carboxylic acids is 4. The van der Waals surface area contributed by atoms with Crippen LogP contribution in [-0.2, 0) is 23.9 Å². The van der Waals surface area contributed by atoms with Crippen molar-refractivity contribution in [3.8, 4) is 11.3 Å². The Morgan fingerprint density at radius 2 is 1.29 bits per heavy atom. The molecule has 0 bridgehead atoms. The van der Waals surface area contributed by atoms with E-state index in [4.69, 9.17) is 35.7 Å². The van der Waals surface area contributed by atoms with Crippen LogP contribution in [0.3, 0.4) is 0 Å². The smallest absolute Gasteiger partial charge is 0.550 e. The quantitative estimate of drug-likeness (QED) is 0.0893. The van der Waals surface area contributed by atoms with Gasteiger partial charge in [0.05, 0.1) is 31.6 Å². The second kappa shape index (κ2) is 40.2. The van der Waals surface area contributed by atoms with E-state index in [2.05, 4.69) is 46.6 Å². The number of carboxylic acids is 2. The summed E-state index contributed by atoms with van der Waals surface area (Å²) < 4.78 is 11.3. The Hall–Kier alpha value is -2.57. The van der Waals surface area contributed by atoms with Crippen LogP contribution in [0, 0.1) is 5.41 Å². The number of rotatable bonds is 6. The molecule has 3 rings (SSSR count). The molecule has 286 valence electrons. The van der Waals surface area contributed by atoms with Crippen LogP contribution >= 0.6 is 56.0 Å². The van der Waals surface area contributed by atoms with Gasteiger partial charge in [-0.25, -0.2) is 14.6 Å². The molecule has 0 aliphatic heterocycles. The van der Waals surface area contributed by atoms with Gasteiger partial charge in [-0.1, -0.05) is 85.8 Å². The third-order valence-corrected chi connectivity index (χ3v) is 5.85. The number of hydrogen-bond acceptors (Lipinski definition) is 12. The number of aromatic nitrogens is 2. The van der Waals surface area contributed by atoms with Gasteiger partial charge in [0.15, 0.2) is 10.8 Å². The molecule has 1 aromatic heterocycles. The summed E-state index contributed by atoms with van der Waals surface area (Å²) in [4.78, 5) is 57.7. The Labute approximate surface area is 352 Å². The van der Waals surface area contributed by atoms with Crippen LogP contribution in [-0.4, -0.2) is 75.8 Å². The molecule has 3 aromatic rings. The summed E-state index contributed by atoms with van der Waals surface area (Å²) in [6.07, 6.45) is 3.29. The van der Waals surface area contributed by atoms with Gasteiger partial charge in [-0.3, -0.25) is 15.0 Å². The zero-order chi connectivity index (χ0) is 34.9. The molecule has 51 heavy (non-hydrogen) atoms. The fourth-order valence-corrected chi connectivity index (χ4v) is 3.19. The normalized spacial score (nSPS) is 8.00. The molecule has 1 heterocycles. The van der Waals surface area contributed by atoms with Crippen LogP contribution in [0.1, 0.15) is 78.4 Å². The maximum atomic E-state index is 11.4. The minimum atomic E-state index is -1.08. The van der Waals surface area contributed by atoms with Crippen LogP contribution in [0.2, 0.25) is 0 Å². The van der Waals surface area contributed by atoms with Crippen molar-refractivity contribution in [2.75, 3.05) is 26.0 Å². The van der Waals surface area contributed by atoms with Crippen LogP contribution in [0.4, 0.5) is 0 Å². The van der Waals surface area contributed by atoms with Gasteiger partial charge in [0, 0.05) is 27.4 Å². The average Bonchev–Trinajstić information content (AvgIpc) is 3.48. The van der Waals surface area contributed by atoms with Gasteiger partial charge in [0.1, 0.15) is 0 Å². The van der Waals surface area contributed by atoms with Crippen molar-refractivity contribution in [3.05, 3.63) is 75.1 Å². The molecular weight excluding hydrogens is 847 g/mol. The predicted octanol–water partition coefficient (Wildman–Crippen LogP) is 4.31. The van der Waals surface area contributed by atoms with Crippen molar-refractivity contribution >= 4 is 90.7 Å². The number of thioether (sulfide) groups is 1. The predicted molar refractivity (Wildman–Crippen MR) is 211 cm³/mol. The number of hydrogen-bond donors (Lipinski definition) is 4. The van der Waals surface area contributed by atoms with E-state index in [0.29, 0.717) is 18.8 Å². The Bertz CT molecular complexity index is 1360. The molecule has 0 radical (unpaired) electrons. The fourth-order valence-electron chi connectivity index (χ4n) is 2.43. The van der Waals surface area contributed by atoms with Gasteiger partial charge in [0.2, 0.25) is 5.82 Å².